The summed E-state index contributed by atoms with van der Waals surface area (Å²) in [4.78, 5) is 2.32. The van der Waals surface area contributed by atoms with Crippen LogP contribution in [0.25, 0.3) is 0 Å². The van der Waals surface area contributed by atoms with Crippen LogP contribution in [0.15, 0.2) is 22.8 Å². The van der Waals surface area contributed by atoms with Crippen LogP contribution in [0.4, 0.5) is 0 Å². The third kappa shape index (κ3) is 3.57. The number of rotatable bonds is 7. The second kappa shape index (κ2) is 6.36. The van der Waals surface area contributed by atoms with Gasteiger partial charge in [-0.15, -0.1) is 0 Å². The topological polar surface area (TPSA) is 37.6 Å². The molecule has 0 saturated carbocycles. The molecule has 2 rings (SSSR count). The second-order valence-electron chi connectivity index (χ2n) is 5.33. The zero-order chi connectivity index (χ0) is 12.8. The fourth-order valence-electron chi connectivity index (χ4n) is 2.66. The van der Waals surface area contributed by atoms with E-state index >= 15 is 0 Å². The zero-order valence-electron chi connectivity index (χ0n) is 11.4. The Morgan fingerprint density at radius 2 is 2.39 bits per heavy atom. The smallest absolute Gasteiger partial charge is 0.117 e. The molecule has 2 heterocycles. The fraction of sp³-hybridized carbons (Fsp3) is 0.714. The van der Waals surface area contributed by atoms with Crippen LogP contribution in [0, 0.1) is 5.41 Å². The molecule has 1 fully saturated rings. The predicted octanol–water partition coefficient (Wildman–Crippen LogP) is 1.73. The van der Waals surface area contributed by atoms with Crippen molar-refractivity contribution in [3.63, 3.8) is 0 Å². The molecule has 1 unspecified atom stereocenters. The van der Waals surface area contributed by atoms with Crippen LogP contribution >= 0.6 is 0 Å². The van der Waals surface area contributed by atoms with Crippen molar-refractivity contribution >= 4 is 0 Å². The van der Waals surface area contributed by atoms with E-state index in [2.05, 4.69) is 24.2 Å². The molecule has 0 spiro atoms. The molecule has 0 bridgehead atoms. The van der Waals surface area contributed by atoms with E-state index in [0.29, 0.717) is 0 Å². The summed E-state index contributed by atoms with van der Waals surface area (Å²) in [7, 11) is 2.15. The van der Waals surface area contributed by atoms with Gasteiger partial charge in [0.05, 0.1) is 19.4 Å². The van der Waals surface area contributed by atoms with Gasteiger partial charge in [0, 0.05) is 25.1 Å². The van der Waals surface area contributed by atoms with Crippen molar-refractivity contribution in [2.24, 2.45) is 5.41 Å². The highest BCUT2D eigenvalue weighted by Crippen LogP contribution is 2.29. The van der Waals surface area contributed by atoms with Crippen LogP contribution in [0.1, 0.15) is 19.1 Å². The summed E-state index contributed by atoms with van der Waals surface area (Å²) in [6, 6.07) is 3.97. The van der Waals surface area contributed by atoms with Crippen LogP contribution in [-0.2, 0) is 11.3 Å². The monoisotopic (exact) mass is 252 g/mol. The Kier molecular flexibility index (Phi) is 4.80. The van der Waals surface area contributed by atoms with Crippen molar-refractivity contribution < 1.29 is 9.15 Å². The third-order valence-electron chi connectivity index (χ3n) is 3.55. The summed E-state index contributed by atoms with van der Waals surface area (Å²) >= 11 is 0. The predicted molar refractivity (Wildman–Crippen MR) is 71.5 cm³/mol. The van der Waals surface area contributed by atoms with E-state index in [4.69, 9.17) is 9.15 Å². The molecular formula is C14H24N2O2. The first-order valence-electron chi connectivity index (χ1n) is 6.73. The number of furan rings is 1. The molecule has 0 amide bonds. The van der Waals surface area contributed by atoms with Gasteiger partial charge < -0.3 is 14.5 Å². The number of nitrogens with one attached hydrogen (secondary N) is 1. The highest BCUT2D eigenvalue weighted by molar-refractivity contribution is 4.98. The van der Waals surface area contributed by atoms with Gasteiger partial charge in [-0.25, -0.2) is 0 Å². The standard InChI is InChI=1S/C14H24N2O2/c1-3-15-10-14(6-8-17-12-14)11-16(2)9-13-5-4-7-18-13/h4-5,7,15H,3,6,8-12H2,1-2H3. The second-order valence-corrected chi connectivity index (χ2v) is 5.33. The Morgan fingerprint density at radius 3 is 3.00 bits per heavy atom. The molecule has 1 N–H and O–H groups in total. The Balaban J connectivity index is 1.87. The SMILES string of the molecule is CCNCC1(CN(C)Cc2ccco2)CCOC1. The number of nitrogens with zero attached hydrogens (tertiary/aromatic N) is 1. The maximum Gasteiger partial charge on any atom is 0.117 e. The van der Waals surface area contributed by atoms with Gasteiger partial charge in [0.25, 0.3) is 0 Å². The van der Waals surface area contributed by atoms with Gasteiger partial charge in [-0.2, -0.15) is 0 Å². The van der Waals surface area contributed by atoms with Crippen molar-refractivity contribution in [1.82, 2.24) is 10.2 Å². The lowest BCUT2D eigenvalue weighted by atomic mass is 9.86. The summed E-state index contributed by atoms with van der Waals surface area (Å²) in [6.45, 7) is 7.86. The van der Waals surface area contributed by atoms with Crippen molar-refractivity contribution in [3.8, 4) is 0 Å². The number of ether oxygens (including phenoxy) is 1. The highest BCUT2D eigenvalue weighted by atomic mass is 16.5. The molecule has 0 aliphatic carbocycles. The van der Waals surface area contributed by atoms with E-state index in [1.54, 1.807) is 6.26 Å². The van der Waals surface area contributed by atoms with Crippen LogP contribution < -0.4 is 5.32 Å². The lowest BCUT2D eigenvalue weighted by Crippen LogP contribution is -2.43. The molecular weight excluding hydrogens is 228 g/mol. The van der Waals surface area contributed by atoms with E-state index in [1.807, 2.05) is 12.1 Å². The summed E-state index contributed by atoms with van der Waals surface area (Å²) in [5, 5.41) is 3.47. The minimum atomic E-state index is 0.261. The van der Waals surface area contributed by atoms with Gasteiger partial charge in [-0.1, -0.05) is 6.92 Å². The van der Waals surface area contributed by atoms with Crippen LogP contribution in [0.5, 0.6) is 0 Å². The van der Waals surface area contributed by atoms with Crippen LogP contribution in [0.3, 0.4) is 0 Å². The third-order valence-corrected chi connectivity index (χ3v) is 3.55. The van der Waals surface area contributed by atoms with Crippen molar-refractivity contribution in [2.75, 3.05) is 39.9 Å². The van der Waals surface area contributed by atoms with Gasteiger partial charge in [0.2, 0.25) is 0 Å². The summed E-state index contributed by atoms with van der Waals surface area (Å²) in [5.74, 6) is 1.02. The van der Waals surface area contributed by atoms with E-state index in [-0.39, 0.29) is 5.41 Å². The first-order valence-corrected chi connectivity index (χ1v) is 6.73. The molecule has 102 valence electrons. The van der Waals surface area contributed by atoms with Gasteiger partial charge in [-0.05, 0) is 32.1 Å². The molecule has 0 aromatic carbocycles. The highest BCUT2D eigenvalue weighted by Gasteiger charge is 2.35. The number of hydrogen-bond donors (Lipinski definition) is 1. The van der Waals surface area contributed by atoms with E-state index in [0.717, 1.165) is 51.6 Å². The molecule has 0 radical (unpaired) electrons. The molecule has 4 heteroatoms. The molecule has 4 nitrogen and oxygen atoms in total. The minimum absolute atomic E-state index is 0.261. The lowest BCUT2D eigenvalue weighted by molar-refractivity contribution is 0.114. The van der Waals surface area contributed by atoms with Gasteiger partial charge >= 0.3 is 0 Å². The Bertz CT molecular complexity index is 332. The summed E-state index contributed by atoms with van der Waals surface area (Å²) in [5.41, 5.74) is 0.261. The molecule has 18 heavy (non-hydrogen) atoms. The lowest BCUT2D eigenvalue weighted by Gasteiger charge is -2.32. The largest absolute Gasteiger partial charge is 0.468 e. The Morgan fingerprint density at radius 1 is 1.50 bits per heavy atom. The summed E-state index contributed by atoms with van der Waals surface area (Å²) in [6.07, 6.45) is 2.87. The molecule has 1 aliphatic rings. The van der Waals surface area contributed by atoms with E-state index in [1.165, 1.54) is 0 Å². The first kappa shape index (κ1) is 13.6. The average Bonchev–Trinajstić information content (AvgIpc) is 2.99. The maximum absolute atomic E-state index is 5.60. The fourth-order valence-corrected chi connectivity index (χ4v) is 2.66. The van der Waals surface area contributed by atoms with Crippen LogP contribution in [0.2, 0.25) is 0 Å². The van der Waals surface area contributed by atoms with E-state index in [9.17, 15) is 0 Å². The number of hydrogen-bond acceptors (Lipinski definition) is 4. The van der Waals surface area contributed by atoms with Gasteiger partial charge in [-0.3, -0.25) is 4.90 Å². The maximum atomic E-state index is 5.60. The van der Waals surface area contributed by atoms with Crippen molar-refractivity contribution in [3.05, 3.63) is 24.2 Å². The Hall–Kier alpha value is -0.840. The van der Waals surface area contributed by atoms with Crippen molar-refractivity contribution in [1.29, 1.82) is 0 Å². The first-order chi connectivity index (χ1) is 8.74. The zero-order valence-corrected chi connectivity index (χ0v) is 11.4. The molecule has 1 aromatic rings. The van der Waals surface area contributed by atoms with Crippen LogP contribution in [-0.4, -0.2) is 44.8 Å². The molecule has 1 aliphatic heterocycles. The Labute approximate surface area is 109 Å². The van der Waals surface area contributed by atoms with Crippen molar-refractivity contribution in [2.45, 2.75) is 19.9 Å². The normalized spacial score (nSPS) is 23.9. The molecule has 1 aromatic heterocycles. The average molecular weight is 252 g/mol. The van der Waals surface area contributed by atoms with E-state index < -0.39 is 0 Å². The quantitative estimate of drug-likeness (QED) is 0.802. The summed E-state index contributed by atoms with van der Waals surface area (Å²) < 4.78 is 11.0. The van der Waals surface area contributed by atoms with Gasteiger partial charge in [0.1, 0.15) is 5.76 Å². The van der Waals surface area contributed by atoms with Gasteiger partial charge in [0.15, 0.2) is 0 Å². The minimum Gasteiger partial charge on any atom is -0.468 e. The molecule has 1 atom stereocenters. The molecule has 1 saturated heterocycles.